The number of nitrogens with zero attached hydrogens (tertiary/aromatic N) is 3. The minimum Gasteiger partial charge on any atom is -0.336 e. The third-order valence-electron chi connectivity index (χ3n) is 2.06. The van der Waals surface area contributed by atoms with Crippen molar-refractivity contribution in [3.63, 3.8) is 0 Å². The molecule has 0 aliphatic carbocycles. The maximum Gasteiger partial charge on any atom is 0.284 e. The Morgan fingerprint density at radius 1 is 1.47 bits per heavy atom. The van der Waals surface area contributed by atoms with Crippen LogP contribution in [0.25, 0.3) is 0 Å². The Kier molecular flexibility index (Phi) is 7.45. The van der Waals surface area contributed by atoms with Gasteiger partial charge in [-0.3, -0.25) is 0 Å². The van der Waals surface area contributed by atoms with Gasteiger partial charge in [-0.25, -0.2) is 5.43 Å². The van der Waals surface area contributed by atoms with Crippen molar-refractivity contribution in [2.75, 3.05) is 0 Å². The summed E-state index contributed by atoms with van der Waals surface area (Å²) in [5.74, 6) is 0. The number of hydrazine groups is 2. The summed E-state index contributed by atoms with van der Waals surface area (Å²) in [6.07, 6.45) is 0.868. The fourth-order valence-electron chi connectivity index (χ4n) is 1.11. The zero-order valence-electron chi connectivity index (χ0n) is 10.6. The van der Waals surface area contributed by atoms with Crippen LogP contribution in [0.5, 0.6) is 0 Å². The molecular weight excluding hydrogens is 263 g/mol. The predicted octanol–water partition coefficient (Wildman–Crippen LogP) is 1.87. The van der Waals surface area contributed by atoms with E-state index in [9.17, 15) is 9.79 Å². The van der Waals surface area contributed by atoms with E-state index in [4.69, 9.17) is 17.0 Å². The van der Waals surface area contributed by atoms with Crippen molar-refractivity contribution in [2.24, 2.45) is 0 Å². The fourth-order valence-corrected chi connectivity index (χ4v) is 2.14. The Balaban J connectivity index is 4.70. The molecule has 0 saturated carbocycles. The summed E-state index contributed by atoms with van der Waals surface area (Å²) in [7, 11) is -2.38. The van der Waals surface area contributed by atoms with Crippen LogP contribution in [0.1, 0.15) is 40.5 Å². The zero-order chi connectivity index (χ0) is 13.6. The Morgan fingerprint density at radius 2 is 2.00 bits per heavy atom. The highest BCUT2D eigenvalue weighted by molar-refractivity contribution is 7.42. The predicted molar refractivity (Wildman–Crippen MR) is 68.1 cm³/mol. The second kappa shape index (κ2) is 7.45. The minimum absolute atomic E-state index is 0.00677. The molecule has 17 heavy (non-hydrogen) atoms. The molecule has 0 heterocycles. The molecule has 0 bridgehead atoms. The van der Waals surface area contributed by atoms with E-state index in [2.05, 4.69) is 5.43 Å². The summed E-state index contributed by atoms with van der Waals surface area (Å²) >= 11 is 6.10. The van der Waals surface area contributed by atoms with Gasteiger partial charge in [0.25, 0.3) is 8.53 Å². The van der Waals surface area contributed by atoms with Gasteiger partial charge in [0, 0.05) is 18.0 Å². The Hall–Kier alpha value is 0.0100. The first kappa shape index (κ1) is 17.0. The first-order chi connectivity index (χ1) is 7.72. The van der Waals surface area contributed by atoms with E-state index in [1.807, 2.05) is 33.8 Å². The van der Waals surface area contributed by atoms with Crippen LogP contribution < -0.4 is 5.43 Å². The standard InChI is InChI=1S/C9H20ClN4O2P/c1-8(2)12-14(17(15)16)13(10)9(3,4)6-5-7-11/h8,12,15-16H,5-6H2,1-4H3. The van der Waals surface area contributed by atoms with E-state index < -0.39 is 14.1 Å². The summed E-state index contributed by atoms with van der Waals surface area (Å²) in [5.41, 5.74) is 2.27. The molecule has 0 rings (SSSR count). The summed E-state index contributed by atoms with van der Waals surface area (Å²) in [4.78, 5) is 19.7. The van der Waals surface area contributed by atoms with Crippen LogP contribution in [-0.2, 0) is 0 Å². The van der Waals surface area contributed by atoms with Crippen molar-refractivity contribution in [1.29, 1.82) is 5.26 Å². The SMILES string of the molecule is CC(C)NN(N(Cl)C(C)(C)CCC#N)P(O)O. The van der Waals surface area contributed by atoms with Crippen LogP contribution in [0, 0.1) is 11.3 Å². The van der Waals surface area contributed by atoms with Gasteiger partial charge in [-0.1, -0.05) is 4.89 Å². The second-order valence-electron chi connectivity index (χ2n) is 4.57. The molecule has 0 saturated heterocycles. The third kappa shape index (κ3) is 5.94. The number of nitriles is 1. The number of hydrogen-bond donors (Lipinski definition) is 3. The molecule has 8 heteroatoms. The highest BCUT2D eigenvalue weighted by atomic mass is 35.5. The lowest BCUT2D eigenvalue weighted by atomic mass is 10.0. The van der Waals surface area contributed by atoms with Gasteiger partial charge in [-0.15, -0.1) is 4.53 Å². The first-order valence-corrected chi connectivity index (χ1v) is 6.83. The summed E-state index contributed by atoms with van der Waals surface area (Å²) in [6.45, 7) is 7.37. The summed E-state index contributed by atoms with van der Waals surface area (Å²) < 4.78 is 1.20. The van der Waals surface area contributed by atoms with Crippen LogP contribution in [0.4, 0.5) is 0 Å². The molecule has 0 aromatic carbocycles. The summed E-state index contributed by atoms with van der Waals surface area (Å²) in [6, 6.07) is 2.05. The zero-order valence-corrected chi connectivity index (χ0v) is 12.2. The van der Waals surface area contributed by atoms with Gasteiger partial charge in [0.1, 0.15) is 0 Å². The number of rotatable bonds is 7. The number of hydrogen-bond acceptors (Lipinski definition) is 6. The molecule has 0 amide bonds. The lowest BCUT2D eigenvalue weighted by molar-refractivity contribution is -0.00221. The van der Waals surface area contributed by atoms with Crippen molar-refractivity contribution >= 4 is 20.3 Å². The van der Waals surface area contributed by atoms with Gasteiger partial charge in [0.15, 0.2) is 0 Å². The minimum atomic E-state index is -2.38. The first-order valence-electron chi connectivity index (χ1n) is 5.29. The number of halogens is 1. The Bertz CT molecular complexity index is 270. The monoisotopic (exact) mass is 282 g/mol. The van der Waals surface area contributed by atoms with Crippen LogP contribution in [0.15, 0.2) is 0 Å². The number of nitrogens with one attached hydrogen (secondary N) is 1. The van der Waals surface area contributed by atoms with Gasteiger partial charge >= 0.3 is 0 Å². The molecule has 6 nitrogen and oxygen atoms in total. The average Bonchev–Trinajstić information content (AvgIpc) is 2.21. The fraction of sp³-hybridized carbons (Fsp3) is 0.889. The Morgan fingerprint density at radius 3 is 2.35 bits per heavy atom. The van der Waals surface area contributed by atoms with Crippen LogP contribution in [0.2, 0.25) is 0 Å². The summed E-state index contributed by atoms with van der Waals surface area (Å²) in [5, 5.41) is 8.57. The van der Waals surface area contributed by atoms with Crippen LogP contribution >= 0.6 is 20.3 Å². The highest BCUT2D eigenvalue weighted by Gasteiger charge is 2.34. The molecule has 0 radical (unpaired) electrons. The van der Waals surface area contributed by atoms with E-state index in [1.54, 1.807) is 0 Å². The van der Waals surface area contributed by atoms with Gasteiger partial charge in [-0.2, -0.15) is 5.26 Å². The molecule has 0 aliphatic heterocycles. The van der Waals surface area contributed by atoms with Crippen molar-refractivity contribution in [3.05, 3.63) is 0 Å². The highest BCUT2D eigenvalue weighted by Crippen LogP contribution is 2.36. The molecular formula is C9H20ClN4O2P. The molecule has 0 aliphatic rings. The molecule has 100 valence electrons. The van der Waals surface area contributed by atoms with E-state index in [1.165, 1.54) is 4.53 Å². The third-order valence-corrected chi connectivity index (χ3v) is 3.40. The topological polar surface area (TPSA) is 82.8 Å². The molecule has 0 spiro atoms. The molecule has 0 unspecified atom stereocenters. The normalized spacial score (nSPS) is 12.8. The molecule has 0 aromatic rings. The van der Waals surface area contributed by atoms with Crippen LogP contribution in [-0.4, -0.2) is 30.8 Å². The van der Waals surface area contributed by atoms with Crippen molar-refractivity contribution < 1.29 is 9.79 Å². The van der Waals surface area contributed by atoms with Crippen LogP contribution in [0.3, 0.4) is 0 Å². The van der Waals surface area contributed by atoms with E-state index in [-0.39, 0.29) is 6.04 Å². The molecule has 0 fully saturated rings. The van der Waals surface area contributed by atoms with Gasteiger partial charge in [-0.05, 0) is 45.9 Å². The Labute approximate surface area is 109 Å². The van der Waals surface area contributed by atoms with E-state index in [0.717, 1.165) is 4.89 Å². The smallest absolute Gasteiger partial charge is 0.284 e. The molecule has 0 aromatic heterocycles. The van der Waals surface area contributed by atoms with Gasteiger partial charge in [0.05, 0.1) is 6.07 Å². The van der Waals surface area contributed by atoms with Crippen molar-refractivity contribution in [1.82, 2.24) is 14.8 Å². The van der Waals surface area contributed by atoms with Gasteiger partial charge < -0.3 is 9.79 Å². The van der Waals surface area contributed by atoms with E-state index in [0.29, 0.717) is 12.8 Å². The maximum atomic E-state index is 9.31. The molecule has 0 atom stereocenters. The lowest BCUT2D eigenvalue weighted by Crippen LogP contribution is -2.53. The maximum absolute atomic E-state index is 9.31. The quantitative estimate of drug-likeness (QED) is 0.376. The molecule has 3 N–H and O–H groups in total. The average molecular weight is 283 g/mol. The second-order valence-corrected chi connectivity index (χ2v) is 5.81. The van der Waals surface area contributed by atoms with E-state index >= 15 is 0 Å². The van der Waals surface area contributed by atoms with Crippen molar-refractivity contribution in [3.8, 4) is 6.07 Å². The lowest BCUT2D eigenvalue weighted by Gasteiger charge is -2.40. The largest absolute Gasteiger partial charge is 0.336 e. The van der Waals surface area contributed by atoms with Crippen molar-refractivity contribution in [2.45, 2.75) is 52.1 Å². The van der Waals surface area contributed by atoms with Gasteiger partial charge in [0.2, 0.25) is 0 Å².